The fraction of sp³-hybridized carbons (Fsp3) is 0.429. The summed E-state index contributed by atoms with van der Waals surface area (Å²) >= 11 is 0. The van der Waals surface area contributed by atoms with E-state index in [9.17, 15) is 9.59 Å². The summed E-state index contributed by atoms with van der Waals surface area (Å²) in [6.07, 6.45) is 1.59. The lowest BCUT2D eigenvalue weighted by Gasteiger charge is -2.21. The Balaban J connectivity index is 1.88. The molecule has 1 amide bonds. The second-order valence-corrected chi connectivity index (χ2v) is 4.65. The van der Waals surface area contributed by atoms with Crippen molar-refractivity contribution >= 4 is 11.7 Å². The molecule has 2 rings (SSSR count). The van der Waals surface area contributed by atoms with E-state index in [-0.39, 0.29) is 18.2 Å². The van der Waals surface area contributed by atoms with Gasteiger partial charge in [-0.1, -0.05) is 30.3 Å². The lowest BCUT2D eigenvalue weighted by molar-refractivity contribution is -0.139. The molecule has 1 fully saturated rings. The number of carbonyl (C=O) groups is 2. The van der Waals surface area contributed by atoms with Crippen molar-refractivity contribution in [2.45, 2.75) is 25.4 Å². The molecule has 0 spiro atoms. The van der Waals surface area contributed by atoms with Crippen molar-refractivity contribution in [2.75, 3.05) is 13.2 Å². The molecule has 1 saturated heterocycles. The van der Waals surface area contributed by atoms with Crippen LogP contribution in [0.15, 0.2) is 30.3 Å². The molecule has 1 aliphatic rings. The van der Waals surface area contributed by atoms with Gasteiger partial charge in [-0.2, -0.15) is 0 Å². The Morgan fingerprint density at radius 1 is 1.33 bits per heavy atom. The normalized spacial score (nSPS) is 22.7. The van der Waals surface area contributed by atoms with Crippen LogP contribution in [0.2, 0.25) is 0 Å². The highest BCUT2D eigenvalue weighted by molar-refractivity contribution is 6.00. The molecule has 1 aromatic rings. The van der Waals surface area contributed by atoms with E-state index in [1.165, 1.54) is 0 Å². The number of Topliss-reactive ketones (excluding diaryl/α,β-unsaturated/α-hetero) is 1. The molecule has 0 radical (unpaired) electrons. The Morgan fingerprint density at radius 3 is 2.67 bits per heavy atom. The number of hydrogen-bond acceptors (Lipinski definition) is 3. The molecular weight excluding hydrogens is 230 g/mol. The maximum absolute atomic E-state index is 11.9. The van der Waals surface area contributed by atoms with Crippen LogP contribution >= 0.6 is 0 Å². The molecule has 1 aliphatic heterocycles. The van der Waals surface area contributed by atoms with Crippen molar-refractivity contribution in [1.29, 1.82) is 0 Å². The van der Waals surface area contributed by atoms with Gasteiger partial charge < -0.3 is 10.1 Å². The molecule has 4 nitrogen and oxygen atoms in total. The van der Waals surface area contributed by atoms with Crippen molar-refractivity contribution in [2.24, 2.45) is 0 Å². The molecule has 1 unspecified atom stereocenters. The molecule has 1 heterocycles. The summed E-state index contributed by atoms with van der Waals surface area (Å²) in [7, 11) is 0. The van der Waals surface area contributed by atoms with Crippen molar-refractivity contribution in [3.63, 3.8) is 0 Å². The maximum Gasteiger partial charge on any atom is 0.252 e. The number of nitrogens with one attached hydrogen (secondary N) is 1. The third-order valence-electron chi connectivity index (χ3n) is 3.20. The summed E-state index contributed by atoms with van der Waals surface area (Å²) in [4.78, 5) is 23.7. The third-order valence-corrected chi connectivity index (χ3v) is 3.20. The zero-order valence-corrected chi connectivity index (χ0v) is 10.4. The second kappa shape index (κ2) is 5.31. The van der Waals surface area contributed by atoms with Gasteiger partial charge in [0.2, 0.25) is 0 Å². The van der Waals surface area contributed by atoms with Gasteiger partial charge in [-0.05, 0) is 19.8 Å². The highest BCUT2D eigenvalue weighted by Crippen LogP contribution is 2.24. The summed E-state index contributed by atoms with van der Waals surface area (Å²) in [5.74, 6) is -0.296. The number of rotatable bonds is 4. The SMILES string of the molecule is CC1(C(=O)NCC(=O)c2ccccc2)CCCO1. The van der Waals surface area contributed by atoms with Crippen LogP contribution in [0.4, 0.5) is 0 Å². The van der Waals surface area contributed by atoms with Crippen LogP contribution in [0.1, 0.15) is 30.1 Å². The summed E-state index contributed by atoms with van der Waals surface area (Å²) in [6.45, 7) is 2.39. The first-order valence-corrected chi connectivity index (χ1v) is 6.12. The summed E-state index contributed by atoms with van der Waals surface area (Å²) in [5.41, 5.74) is -0.160. The van der Waals surface area contributed by atoms with Gasteiger partial charge in [0.05, 0.1) is 6.54 Å². The fourth-order valence-corrected chi connectivity index (χ4v) is 2.03. The summed E-state index contributed by atoms with van der Waals surface area (Å²) < 4.78 is 5.42. The second-order valence-electron chi connectivity index (χ2n) is 4.65. The van der Waals surface area contributed by atoms with E-state index in [4.69, 9.17) is 4.74 Å². The van der Waals surface area contributed by atoms with Gasteiger partial charge in [0.1, 0.15) is 5.60 Å². The smallest absolute Gasteiger partial charge is 0.252 e. The quantitative estimate of drug-likeness (QED) is 0.821. The van der Waals surface area contributed by atoms with Crippen LogP contribution in [0, 0.1) is 0 Å². The van der Waals surface area contributed by atoms with Crippen molar-refractivity contribution in [1.82, 2.24) is 5.32 Å². The van der Waals surface area contributed by atoms with Crippen molar-refractivity contribution in [3.8, 4) is 0 Å². The number of carbonyl (C=O) groups excluding carboxylic acids is 2. The van der Waals surface area contributed by atoms with Crippen LogP contribution < -0.4 is 5.32 Å². The predicted molar refractivity (Wildman–Crippen MR) is 67.4 cm³/mol. The molecule has 1 atom stereocenters. The lowest BCUT2D eigenvalue weighted by Crippen LogP contribution is -2.45. The Bertz CT molecular complexity index is 436. The minimum absolute atomic E-state index is 0.0157. The Hall–Kier alpha value is -1.68. The number of ether oxygens (including phenoxy) is 1. The Kier molecular flexibility index (Phi) is 3.77. The minimum Gasteiger partial charge on any atom is -0.365 e. The van der Waals surface area contributed by atoms with E-state index >= 15 is 0 Å². The summed E-state index contributed by atoms with van der Waals surface area (Å²) in [6, 6.07) is 8.93. The van der Waals surface area contributed by atoms with Gasteiger partial charge in [0.25, 0.3) is 5.91 Å². The van der Waals surface area contributed by atoms with E-state index in [1.54, 1.807) is 31.2 Å². The molecule has 18 heavy (non-hydrogen) atoms. The Morgan fingerprint density at radius 2 is 2.06 bits per heavy atom. The number of ketones is 1. The average Bonchev–Trinajstić information content (AvgIpc) is 2.85. The fourth-order valence-electron chi connectivity index (χ4n) is 2.03. The van der Waals surface area contributed by atoms with E-state index in [0.29, 0.717) is 18.6 Å². The first-order chi connectivity index (χ1) is 8.62. The largest absolute Gasteiger partial charge is 0.365 e. The monoisotopic (exact) mass is 247 g/mol. The van der Waals surface area contributed by atoms with Crippen LogP contribution in [0.25, 0.3) is 0 Å². The van der Waals surface area contributed by atoms with Crippen LogP contribution in [0.3, 0.4) is 0 Å². The molecule has 1 N–H and O–H groups in total. The standard InChI is InChI=1S/C14H17NO3/c1-14(8-5-9-18-14)13(17)15-10-12(16)11-6-3-2-4-7-11/h2-4,6-7H,5,8-10H2,1H3,(H,15,17). The van der Waals surface area contributed by atoms with E-state index in [0.717, 1.165) is 6.42 Å². The first-order valence-electron chi connectivity index (χ1n) is 6.12. The lowest BCUT2D eigenvalue weighted by atomic mass is 10.0. The number of benzene rings is 1. The van der Waals surface area contributed by atoms with Crippen molar-refractivity contribution < 1.29 is 14.3 Å². The van der Waals surface area contributed by atoms with Gasteiger partial charge in [-0.3, -0.25) is 9.59 Å². The van der Waals surface area contributed by atoms with Crippen LogP contribution in [0.5, 0.6) is 0 Å². The highest BCUT2D eigenvalue weighted by atomic mass is 16.5. The summed E-state index contributed by atoms with van der Waals surface area (Å²) in [5, 5.41) is 2.65. The molecule has 0 aliphatic carbocycles. The average molecular weight is 247 g/mol. The van der Waals surface area contributed by atoms with Crippen LogP contribution in [-0.2, 0) is 9.53 Å². The molecule has 96 valence electrons. The molecule has 4 heteroatoms. The predicted octanol–water partition coefficient (Wildman–Crippen LogP) is 1.55. The maximum atomic E-state index is 11.9. The van der Waals surface area contributed by atoms with Crippen LogP contribution in [-0.4, -0.2) is 30.4 Å². The van der Waals surface area contributed by atoms with Crippen molar-refractivity contribution in [3.05, 3.63) is 35.9 Å². The van der Waals surface area contributed by atoms with Gasteiger partial charge in [-0.15, -0.1) is 0 Å². The van der Waals surface area contributed by atoms with Gasteiger partial charge in [-0.25, -0.2) is 0 Å². The van der Waals surface area contributed by atoms with E-state index < -0.39 is 5.60 Å². The van der Waals surface area contributed by atoms with Gasteiger partial charge in [0, 0.05) is 12.2 Å². The minimum atomic E-state index is -0.767. The first kappa shape index (κ1) is 12.8. The topological polar surface area (TPSA) is 55.4 Å². The molecule has 1 aromatic carbocycles. The zero-order valence-electron chi connectivity index (χ0n) is 10.4. The van der Waals surface area contributed by atoms with Gasteiger partial charge >= 0.3 is 0 Å². The van der Waals surface area contributed by atoms with E-state index in [2.05, 4.69) is 5.32 Å². The van der Waals surface area contributed by atoms with E-state index in [1.807, 2.05) is 6.07 Å². The molecule has 0 saturated carbocycles. The highest BCUT2D eigenvalue weighted by Gasteiger charge is 2.37. The number of amides is 1. The molecular formula is C14H17NO3. The van der Waals surface area contributed by atoms with Gasteiger partial charge in [0.15, 0.2) is 5.78 Å². The molecule has 0 aromatic heterocycles. The zero-order chi connectivity index (χ0) is 13.0. The number of hydrogen-bond donors (Lipinski definition) is 1. The third kappa shape index (κ3) is 2.76. The molecule has 0 bridgehead atoms. The Labute approximate surface area is 106 Å².